The fourth-order valence-corrected chi connectivity index (χ4v) is 1.69. The lowest BCUT2D eigenvalue weighted by Gasteiger charge is -1.97. The van der Waals surface area contributed by atoms with Gasteiger partial charge in [-0.15, -0.1) is 0 Å². The van der Waals surface area contributed by atoms with Crippen molar-refractivity contribution in [3.05, 3.63) is 34.7 Å². The third-order valence-electron chi connectivity index (χ3n) is 2.15. The van der Waals surface area contributed by atoms with E-state index in [9.17, 15) is 0 Å². The lowest BCUT2D eigenvalue weighted by Crippen LogP contribution is -1.92. The molecule has 0 fully saturated rings. The third kappa shape index (κ3) is 1.24. The molecule has 0 spiro atoms. The second kappa shape index (κ2) is 3.32. The van der Waals surface area contributed by atoms with Gasteiger partial charge in [0.1, 0.15) is 0 Å². The number of imidazole rings is 1. The van der Waals surface area contributed by atoms with Gasteiger partial charge < -0.3 is 4.40 Å². The molecule has 4 heteroatoms. The number of hydrogen-bond donors (Lipinski definition) is 0. The minimum Gasteiger partial charge on any atom is -0.302 e. The number of aryl methyl sites for hydroxylation is 1. The molecule has 0 amide bonds. The van der Waals surface area contributed by atoms with Crippen LogP contribution in [0.3, 0.4) is 0 Å². The van der Waals surface area contributed by atoms with Gasteiger partial charge >= 0.3 is 0 Å². The summed E-state index contributed by atoms with van der Waals surface area (Å²) in [5.74, 6) is 0. The molecule has 0 aliphatic heterocycles. The third-order valence-corrected chi connectivity index (χ3v) is 2.44. The van der Waals surface area contributed by atoms with Crippen molar-refractivity contribution in [2.45, 2.75) is 13.3 Å². The van der Waals surface area contributed by atoms with Crippen molar-refractivity contribution < 1.29 is 0 Å². The van der Waals surface area contributed by atoms with E-state index in [2.05, 4.69) is 11.1 Å². The highest BCUT2D eigenvalue weighted by atomic mass is 35.5. The molecule has 2 rings (SSSR count). The zero-order valence-electron chi connectivity index (χ0n) is 7.66. The first-order valence-electron chi connectivity index (χ1n) is 4.23. The summed E-state index contributed by atoms with van der Waals surface area (Å²) >= 11 is 5.98. The van der Waals surface area contributed by atoms with Crippen LogP contribution < -0.4 is 0 Å². The molecule has 0 radical (unpaired) electrons. The van der Waals surface area contributed by atoms with E-state index >= 15 is 0 Å². The molecule has 2 aromatic heterocycles. The summed E-state index contributed by atoms with van der Waals surface area (Å²) in [7, 11) is 0. The number of fused-ring (bicyclic) bond motifs is 1. The summed E-state index contributed by atoms with van der Waals surface area (Å²) in [6, 6.07) is 5.75. The molecular formula is C10H8ClN3. The summed E-state index contributed by atoms with van der Waals surface area (Å²) in [5, 5.41) is 9.28. The van der Waals surface area contributed by atoms with Gasteiger partial charge in [-0.05, 0) is 19.1 Å². The average Bonchev–Trinajstić information content (AvgIpc) is 2.47. The van der Waals surface area contributed by atoms with Gasteiger partial charge in [-0.3, -0.25) is 0 Å². The van der Waals surface area contributed by atoms with Crippen molar-refractivity contribution in [2.24, 2.45) is 0 Å². The van der Waals surface area contributed by atoms with Crippen molar-refractivity contribution in [1.29, 1.82) is 5.26 Å². The van der Waals surface area contributed by atoms with Gasteiger partial charge in [0.05, 0.1) is 28.9 Å². The number of nitriles is 1. The van der Waals surface area contributed by atoms with Gasteiger partial charge in [0, 0.05) is 6.20 Å². The van der Waals surface area contributed by atoms with E-state index in [4.69, 9.17) is 16.9 Å². The Morgan fingerprint density at radius 3 is 3.14 bits per heavy atom. The number of halogens is 1. The maximum Gasteiger partial charge on any atom is 0.156 e. The second-order valence-electron chi connectivity index (χ2n) is 3.03. The van der Waals surface area contributed by atoms with Crippen LogP contribution in [0.25, 0.3) is 5.65 Å². The molecule has 0 saturated heterocycles. The molecule has 3 nitrogen and oxygen atoms in total. The molecule has 0 bridgehead atoms. The molecule has 0 aliphatic carbocycles. The first-order valence-corrected chi connectivity index (χ1v) is 4.61. The number of nitrogens with zero attached hydrogens (tertiary/aromatic N) is 3. The van der Waals surface area contributed by atoms with Crippen LogP contribution in [0.5, 0.6) is 0 Å². The highest BCUT2D eigenvalue weighted by molar-refractivity contribution is 6.33. The van der Waals surface area contributed by atoms with E-state index in [0.717, 1.165) is 17.0 Å². The standard InChI is InChI=1S/C10H8ClN3/c1-7-9(4-5-12)14-6-2-3-8(11)10(14)13-7/h2-3,6H,4H2,1H3. The maximum absolute atomic E-state index is 8.67. The lowest BCUT2D eigenvalue weighted by atomic mass is 10.3. The monoisotopic (exact) mass is 205 g/mol. The van der Waals surface area contributed by atoms with Crippen molar-refractivity contribution >= 4 is 17.2 Å². The first-order chi connectivity index (χ1) is 6.74. The lowest BCUT2D eigenvalue weighted by molar-refractivity contribution is 1.04. The topological polar surface area (TPSA) is 41.1 Å². The van der Waals surface area contributed by atoms with Gasteiger partial charge in [0.2, 0.25) is 0 Å². The Kier molecular flexibility index (Phi) is 2.14. The van der Waals surface area contributed by atoms with E-state index < -0.39 is 0 Å². The Morgan fingerprint density at radius 1 is 1.64 bits per heavy atom. The molecule has 0 aromatic carbocycles. The van der Waals surface area contributed by atoms with Gasteiger partial charge in [-0.1, -0.05) is 11.6 Å². The van der Waals surface area contributed by atoms with Crippen LogP contribution in [0, 0.1) is 18.3 Å². The number of rotatable bonds is 1. The smallest absolute Gasteiger partial charge is 0.156 e. The zero-order chi connectivity index (χ0) is 10.1. The van der Waals surface area contributed by atoms with Gasteiger partial charge in [0.25, 0.3) is 0 Å². The minimum atomic E-state index is 0.355. The van der Waals surface area contributed by atoms with Crippen LogP contribution in [-0.2, 0) is 6.42 Å². The molecule has 2 aromatic rings. The zero-order valence-corrected chi connectivity index (χ0v) is 8.41. The van der Waals surface area contributed by atoms with Crippen LogP contribution in [0.15, 0.2) is 18.3 Å². The Morgan fingerprint density at radius 2 is 2.43 bits per heavy atom. The Bertz CT molecular complexity index is 522. The van der Waals surface area contributed by atoms with E-state index in [1.807, 2.05) is 23.6 Å². The molecule has 70 valence electrons. The SMILES string of the molecule is Cc1nc2c(Cl)cccn2c1CC#N. The summed E-state index contributed by atoms with van der Waals surface area (Å²) in [6.45, 7) is 1.88. The fourth-order valence-electron chi connectivity index (χ4n) is 1.48. The summed E-state index contributed by atoms with van der Waals surface area (Å²) < 4.78 is 1.86. The number of aromatic nitrogens is 2. The Labute approximate surface area is 86.6 Å². The van der Waals surface area contributed by atoms with Crippen LogP contribution >= 0.6 is 11.6 Å². The van der Waals surface area contributed by atoms with Crippen molar-refractivity contribution in [3.63, 3.8) is 0 Å². The predicted molar refractivity (Wildman–Crippen MR) is 54.3 cm³/mol. The van der Waals surface area contributed by atoms with Gasteiger partial charge in [0.15, 0.2) is 5.65 Å². The van der Waals surface area contributed by atoms with E-state index in [1.165, 1.54) is 0 Å². The summed E-state index contributed by atoms with van der Waals surface area (Å²) in [4.78, 5) is 4.31. The molecule has 0 unspecified atom stereocenters. The predicted octanol–water partition coefficient (Wildman–Crippen LogP) is 2.36. The van der Waals surface area contributed by atoms with Crippen LogP contribution in [0.4, 0.5) is 0 Å². The minimum absolute atomic E-state index is 0.355. The van der Waals surface area contributed by atoms with Crippen molar-refractivity contribution in [1.82, 2.24) is 9.38 Å². The highest BCUT2D eigenvalue weighted by Gasteiger charge is 2.09. The molecule has 0 aliphatic rings. The first kappa shape index (κ1) is 9.04. The number of hydrogen-bond acceptors (Lipinski definition) is 2. The van der Waals surface area contributed by atoms with Crippen LogP contribution in [0.1, 0.15) is 11.4 Å². The van der Waals surface area contributed by atoms with Crippen LogP contribution in [-0.4, -0.2) is 9.38 Å². The molecule has 14 heavy (non-hydrogen) atoms. The summed E-state index contributed by atoms with van der Waals surface area (Å²) in [5.41, 5.74) is 2.49. The maximum atomic E-state index is 8.67. The highest BCUT2D eigenvalue weighted by Crippen LogP contribution is 2.19. The second-order valence-corrected chi connectivity index (χ2v) is 3.44. The molecule has 2 heterocycles. The Balaban J connectivity index is 2.78. The van der Waals surface area contributed by atoms with Crippen molar-refractivity contribution in [3.8, 4) is 6.07 Å². The average molecular weight is 206 g/mol. The Hall–Kier alpha value is -1.53. The molecular weight excluding hydrogens is 198 g/mol. The normalized spacial score (nSPS) is 10.4. The largest absolute Gasteiger partial charge is 0.302 e. The fraction of sp³-hybridized carbons (Fsp3) is 0.200. The van der Waals surface area contributed by atoms with E-state index in [1.54, 1.807) is 6.07 Å². The van der Waals surface area contributed by atoms with Gasteiger partial charge in [-0.25, -0.2) is 4.98 Å². The van der Waals surface area contributed by atoms with E-state index in [-0.39, 0.29) is 0 Å². The molecule has 0 saturated carbocycles. The van der Waals surface area contributed by atoms with E-state index in [0.29, 0.717) is 11.4 Å². The van der Waals surface area contributed by atoms with Gasteiger partial charge in [-0.2, -0.15) is 5.26 Å². The number of pyridine rings is 1. The summed E-state index contributed by atoms with van der Waals surface area (Å²) in [6.07, 6.45) is 2.22. The quantitative estimate of drug-likeness (QED) is 0.717. The molecule has 0 atom stereocenters. The van der Waals surface area contributed by atoms with Crippen molar-refractivity contribution in [2.75, 3.05) is 0 Å². The molecule has 0 N–H and O–H groups in total. The van der Waals surface area contributed by atoms with Crippen LogP contribution in [0.2, 0.25) is 5.02 Å².